The number of hydrogen-bond donors (Lipinski definition) is 1. The second kappa shape index (κ2) is 5.48. The molecule has 0 radical (unpaired) electrons. The Morgan fingerprint density at radius 2 is 1.90 bits per heavy atom. The first-order valence-electron chi connectivity index (χ1n) is 7.03. The van der Waals surface area contributed by atoms with Crippen LogP contribution in [-0.2, 0) is 6.18 Å². The van der Waals surface area contributed by atoms with E-state index in [1.807, 2.05) is 13.8 Å². The molecule has 1 aliphatic rings. The van der Waals surface area contributed by atoms with Crippen molar-refractivity contribution in [3.8, 4) is 5.75 Å². The fourth-order valence-electron chi connectivity index (χ4n) is 3.13. The van der Waals surface area contributed by atoms with Crippen LogP contribution in [-0.4, -0.2) is 12.1 Å². The summed E-state index contributed by atoms with van der Waals surface area (Å²) in [5.74, 6) is -1.26. The average molecular weight is 305 g/mol. The van der Waals surface area contributed by atoms with Gasteiger partial charge in [0.2, 0.25) is 0 Å². The van der Waals surface area contributed by atoms with Crippen LogP contribution < -0.4 is 10.5 Å². The zero-order valence-electron chi connectivity index (χ0n) is 12.0. The van der Waals surface area contributed by atoms with Gasteiger partial charge in [-0.2, -0.15) is 13.2 Å². The molecule has 0 heterocycles. The molecule has 1 saturated carbocycles. The number of halogens is 4. The lowest BCUT2D eigenvalue weighted by Crippen LogP contribution is -2.62. The Kier molecular flexibility index (Phi) is 4.19. The van der Waals surface area contributed by atoms with Crippen molar-refractivity contribution in [3.63, 3.8) is 0 Å². The summed E-state index contributed by atoms with van der Waals surface area (Å²) in [6.07, 6.45) is -2.77. The minimum Gasteiger partial charge on any atom is -0.490 e. The van der Waals surface area contributed by atoms with Crippen LogP contribution in [0.3, 0.4) is 0 Å². The SMILES string of the molecule is CCC1(CC)C(N)CC1Oc1ccc(F)c(C(F)(F)F)c1. The van der Waals surface area contributed by atoms with Gasteiger partial charge < -0.3 is 10.5 Å². The molecule has 0 bridgehead atoms. The third kappa shape index (κ3) is 2.73. The highest BCUT2D eigenvalue weighted by Crippen LogP contribution is 2.48. The molecule has 2 unspecified atom stereocenters. The molecule has 1 aliphatic carbocycles. The van der Waals surface area contributed by atoms with E-state index in [-0.39, 0.29) is 23.3 Å². The summed E-state index contributed by atoms with van der Waals surface area (Å²) in [5, 5.41) is 0. The van der Waals surface area contributed by atoms with Crippen molar-refractivity contribution in [3.05, 3.63) is 29.6 Å². The zero-order valence-corrected chi connectivity index (χ0v) is 12.0. The predicted molar refractivity (Wildman–Crippen MR) is 71.4 cm³/mol. The van der Waals surface area contributed by atoms with Gasteiger partial charge in [-0.05, 0) is 31.0 Å². The zero-order chi connectivity index (χ0) is 15.8. The van der Waals surface area contributed by atoms with E-state index in [0.717, 1.165) is 25.0 Å². The first kappa shape index (κ1) is 16.1. The van der Waals surface area contributed by atoms with Gasteiger partial charge in [0.15, 0.2) is 0 Å². The maximum absolute atomic E-state index is 13.2. The summed E-state index contributed by atoms with van der Waals surface area (Å²) in [4.78, 5) is 0. The molecular weight excluding hydrogens is 286 g/mol. The first-order chi connectivity index (χ1) is 9.74. The van der Waals surface area contributed by atoms with Gasteiger partial charge in [0, 0.05) is 17.9 Å². The number of benzene rings is 1. The van der Waals surface area contributed by atoms with Gasteiger partial charge in [-0.25, -0.2) is 4.39 Å². The highest BCUT2D eigenvalue weighted by atomic mass is 19.4. The molecule has 118 valence electrons. The van der Waals surface area contributed by atoms with Gasteiger partial charge in [-0.15, -0.1) is 0 Å². The number of hydrogen-bond acceptors (Lipinski definition) is 2. The summed E-state index contributed by atoms with van der Waals surface area (Å²) >= 11 is 0. The lowest BCUT2D eigenvalue weighted by molar-refractivity contribution is -0.140. The molecule has 2 N–H and O–H groups in total. The Labute approximate surface area is 121 Å². The van der Waals surface area contributed by atoms with Crippen LogP contribution in [0.2, 0.25) is 0 Å². The van der Waals surface area contributed by atoms with E-state index < -0.39 is 17.6 Å². The molecular formula is C15H19F4NO. The molecule has 1 aromatic rings. The van der Waals surface area contributed by atoms with Crippen molar-refractivity contribution >= 4 is 0 Å². The Morgan fingerprint density at radius 1 is 1.29 bits per heavy atom. The molecule has 6 heteroatoms. The van der Waals surface area contributed by atoms with Gasteiger partial charge in [0.05, 0.1) is 5.56 Å². The molecule has 0 spiro atoms. The number of alkyl halides is 3. The Hall–Kier alpha value is -1.30. The van der Waals surface area contributed by atoms with Crippen LogP contribution in [0, 0.1) is 11.2 Å². The summed E-state index contributed by atoms with van der Waals surface area (Å²) in [7, 11) is 0. The fourth-order valence-corrected chi connectivity index (χ4v) is 3.13. The fraction of sp³-hybridized carbons (Fsp3) is 0.600. The quantitative estimate of drug-likeness (QED) is 0.849. The molecule has 1 fully saturated rings. The van der Waals surface area contributed by atoms with Gasteiger partial charge in [0.1, 0.15) is 17.7 Å². The van der Waals surface area contributed by atoms with E-state index >= 15 is 0 Å². The molecule has 0 aromatic heterocycles. The smallest absolute Gasteiger partial charge is 0.419 e. The highest BCUT2D eigenvalue weighted by Gasteiger charge is 2.52. The maximum atomic E-state index is 13.2. The van der Waals surface area contributed by atoms with Gasteiger partial charge >= 0.3 is 6.18 Å². The van der Waals surface area contributed by atoms with E-state index in [1.165, 1.54) is 6.07 Å². The van der Waals surface area contributed by atoms with Crippen molar-refractivity contribution in [2.45, 2.75) is 51.4 Å². The Morgan fingerprint density at radius 3 is 2.38 bits per heavy atom. The summed E-state index contributed by atoms with van der Waals surface area (Å²) in [6, 6.07) is 2.72. The molecule has 2 rings (SSSR count). The van der Waals surface area contributed by atoms with E-state index in [2.05, 4.69) is 0 Å². The summed E-state index contributed by atoms with van der Waals surface area (Å²) < 4.78 is 57.0. The number of ether oxygens (including phenoxy) is 1. The van der Waals surface area contributed by atoms with Crippen LogP contribution in [0.5, 0.6) is 5.75 Å². The largest absolute Gasteiger partial charge is 0.490 e. The van der Waals surface area contributed by atoms with Crippen LogP contribution in [0.4, 0.5) is 17.6 Å². The van der Waals surface area contributed by atoms with E-state index in [9.17, 15) is 17.6 Å². The standard InChI is InChI=1S/C15H19F4NO/c1-3-14(4-2)12(20)8-13(14)21-9-5-6-11(16)10(7-9)15(17,18)19/h5-7,12-13H,3-4,8,20H2,1-2H3. The lowest BCUT2D eigenvalue weighted by Gasteiger charge is -2.53. The third-order valence-corrected chi connectivity index (χ3v) is 4.69. The van der Waals surface area contributed by atoms with E-state index in [0.29, 0.717) is 6.42 Å². The molecule has 0 saturated heterocycles. The topological polar surface area (TPSA) is 35.2 Å². The molecule has 2 atom stereocenters. The Balaban J connectivity index is 2.22. The molecule has 21 heavy (non-hydrogen) atoms. The molecule has 1 aromatic carbocycles. The second-order valence-electron chi connectivity index (χ2n) is 5.53. The molecule has 0 amide bonds. The summed E-state index contributed by atoms with van der Waals surface area (Å²) in [5.41, 5.74) is 4.51. The monoisotopic (exact) mass is 305 g/mol. The normalized spacial score (nSPS) is 24.5. The van der Waals surface area contributed by atoms with Crippen LogP contribution in [0.15, 0.2) is 18.2 Å². The predicted octanol–water partition coefficient (Wildman–Crippen LogP) is 4.13. The first-order valence-corrected chi connectivity index (χ1v) is 7.03. The van der Waals surface area contributed by atoms with Crippen molar-refractivity contribution in [1.29, 1.82) is 0 Å². The maximum Gasteiger partial charge on any atom is 0.419 e. The molecule has 0 aliphatic heterocycles. The Bertz CT molecular complexity index is 511. The van der Waals surface area contributed by atoms with Gasteiger partial charge in [-0.3, -0.25) is 0 Å². The second-order valence-corrected chi connectivity index (χ2v) is 5.53. The third-order valence-electron chi connectivity index (χ3n) is 4.69. The van der Waals surface area contributed by atoms with Gasteiger partial charge in [-0.1, -0.05) is 13.8 Å². The van der Waals surface area contributed by atoms with E-state index in [4.69, 9.17) is 10.5 Å². The minimum absolute atomic E-state index is 0.0139. The highest BCUT2D eigenvalue weighted by molar-refractivity contribution is 5.32. The van der Waals surface area contributed by atoms with Crippen molar-refractivity contribution in [1.82, 2.24) is 0 Å². The lowest BCUT2D eigenvalue weighted by atomic mass is 9.59. The van der Waals surface area contributed by atoms with Crippen LogP contribution in [0.1, 0.15) is 38.7 Å². The van der Waals surface area contributed by atoms with Crippen molar-refractivity contribution in [2.75, 3.05) is 0 Å². The number of rotatable bonds is 4. The molecule has 2 nitrogen and oxygen atoms in total. The van der Waals surface area contributed by atoms with Crippen molar-refractivity contribution < 1.29 is 22.3 Å². The minimum atomic E-state index is -4.73. The van der Waals surface area contributed by atoms with Crippen LogP contribution in [0.25, 0.3) is 0 Å². The average Bonchev–Trinajstić information content (AvgIpc) is 2.40. The van der Waals surface area contributed by atoms with Crippen molar-refractivity contribution in [2.24, 2.45) is 11.1 Å². The van der Waals surface area contributed by atoms with Gasteiger partial charge in [0.25, 0.3) is 0 Å². The summed E-state index contributed by atoms with van der Waals surface area (Å²) in [6.45, 7) is 3.98. The van der Waals surface area contributed by atoms with E-state index in [1.54, 1.807) is 0 Å². The van der Waals surface area contributed by atoms with Crippen LogP contribution >= 0.6 is 0 Å². The number of nitrogens with two attached hydrogens (primary N) is 1.